The lowest BCUT2D eigenvalue weighted by molar-refractivity contribution is -0.152. The fraction of sp³-hybridized carbons (Fsp3) is 0.429. The van der Waals surface area contributed by atoms with Crippen molar-refractivity contribution in [3.05, 3.63) is 46.8 Å². The number of nitrogens with two attached hydrogens (primary N) is 1. The van der Waals surface area contributed by atoms with E-state index < -0.39 is 40.6 Å². The van der Waals surface area contributed by atoms with Crippen molar-refractivity contribution < 1.29 is 32.5 Å². The molecule has 1 saturated heterocycles. The molecular formula is C21H28N6O7S. The van der Waals surface area contributed by atoms with E-state index in [1.165, 1.54) is 13.8 Å². The lowest BCUT2D eigenvalue weighted by atomic mass is 9.99. The molecule has 13 nitrogen and oxygen atoms in total. The lowest BCUT2D eigenvalue weighted by Crippen LogP contribution is -2.48. The number of nitrogen functional groups attached to an aromatic ring is 1. The number of aryl methyl sites for hydroxylation is 2. The summed E-state index contributed by atoms with van der Waals surface area (Å²) in [6, 6.07) is 5.43. The molecule has 1 aliphatic heterocycles. The molecular weight excluding hydrogens is 480 g/mol. The predicted molar refractivity (Wildman–Crippen MR) is 123 cm³/mol. The van der Waals surface area contributed by atoms with Gasteiger partial charge in [0.1, 0.15) is 22.5 Å². The van der Waals surface area contributed by atoms with Crippen LogP contribution in [0, 0.1) is 19.3 Å². The highest BCUT2D eigenvalue weighted by atomic mass is 32.2. The number of nitrogens with one attached hydrogen (secondary N) is 3. The van der Waals surface area contributed by atoms with E-state index in [-0.39, 0.29) is 34.6 Å². The number of benzene rings is 1. The number of aliphatic carboxylic acids is 1. The average molecular weight is 509 g/mol. The maximum atomic E-state index is 12.6. The fourth-order valence-corrected chi connectivity index (χ4v) is 5.40. The summed E-state index contributed by atoms with van der Waals surface area (Å²) in [4.78, 5) is 29.6. The normalized spacial score (nSPS) is 19.4. The van der Waals surface area contributed by atoms with E-state index in [2.05, 4.69) is 15.2 Å². The van der Waals surface area contributed by atoms with Crippen LogP contribution in [0.4, 0.5) is 0 Å². The summed E-state index contributed by atoms with van der Waals surface area (Å²) in [6.45, 7) is 2.36. The Morgan fingerprint density at radius 3 is 2.51 bits per heavy atom. The number of carboxylic acid groups (broad SMARTS) is 1. The van der Waals surface area contributed by atoms with E-state index >= 15 is 0 Å². The van der Waals surface area contributed by atoms with Crippen LogP contribution in [0.25, 0.3) is 0 Å². The maximum Gasteiger partial charge on any atom is 0.323 e. The second-order valence-electron chi connectivity index (χ2n) is 8.23. The molecule has 1 aromatic heterocycles. The second kappa shape index (κ2) is 10.5. The number of sulfonamides is 1. The Labute approximate surface area is 202 Å². The molecule has 0 unspecified atom stereocenters. The van der Waals surface area contributed by atoms with E-state index in [1.54, 1.807) is 24.2 Å². The quantitative estimate of drug-likeness (QED) is 0.218. The molecule has 3 rings (SSSR count). The molecule has 2 heterocycles. The number of hydrogen-bond donors (Lipinski definition) is 5. The number of amides is 1. The monoisotopic (exact) mass is 508 g/mol. The van der Waals surface area contributed by atoms with E-state index in [9.17, 15) is 23.1 Å². The predicted octanol–water partition coefficient (Wildman–Crippen LogP) is 0.190. The molecule has 6 N–H and O–H groups in total. The summed E-state index contributed by atoms with van der Waals surface area (Å²) in [7, 11) is -2.50. The van der Waals surface area contributed by atoms with Gasteiger partial charge in [-0.15, -0.1) is 0 Å². The number of amidine groups is 1. The molecule has 0 aliphatic carbocycles. The molecule has 1 aromatic carbocycles. The van der Waals surface area contributed by atoms with E-state index in [4.69, 9.17) is 20.5 Å². The standard InChI is InChI=1S/C21H28N6O7S/c1-11-19(12(2)33-25-11)35(31,32)26-16(21(29)30)10-24-18(28)9-15-8-17(27(3)34-15)13-4-6-14(7-5-13)20(22)23/h4-7,15-17,26H,8-10H2,1-3H3,(H3,22,23)(H,24,28)(H,29,30)/t15-,16-,17+/m0/s1. The molecule has 3 atom stereocenters. The third-order valence-corrected chi connectivity index (χ3v) is 7.31. The van der Waals surface area contributed by atoms with Gasteiger partial charge in [-0.25, -0.2) is 8.42 Å². The third-order valence-electron chi connectivity index (χ3n) is 5.60. The minimum Gasteiger partial charge on any atom is -0.480 e. The average Bonchev–Trinajstić information content (AvgIpc) is 3.32. The number of aromatic nitrogens is 1. The molecule has 1 amide bonds. The number of rotatable bonds is 10. The van der Waals surface area contributed by atoms with Gasteiger partial charge in [-0.3, -0.25) is 19.8 Å². The van der Waals surface area contributed by atoms with Crippen LogP contribution in [0.2, 0.25) is 0 Å². The summed E-state index contributed by atoms with van der Waals surface area (Å²) < 4.78 is 32.1. The zero-order chi connectivity index (χ0) is 25.9. The van der Waals surface area contributed by atoms with Crippen LogP contribution in [-0.4, -0.2) is 67.2 Å². The minimum absolute atomic E-state index is 0.0242. The zero-order valence-corrected chi connectivity index (χ0v) is 20.3. The Morgan fingerprint density at radius 1 is 1.31 bits per heavy atom. The van der Waals surface area contributed by atoms with Crippen LogP contribution < -0.4 is 15.8 Å². The topological polar surface area (TPSA) is 201 Å². The van der Waals surface area contributed by atoms with Crippen molar-refractivity contribution in [1.29, 1.82) is 5.41 Å². The Kier molecular flexibility index (Phi) is 7.90. The summed E-state index contributed by atoms with van der Waals surface area (Å²) in [5, 5.41) is 24.6. The van der Waals surface area contributed by atoms with Gasteiger partial charge in [0.2, 0.25) is 15.9 Å². The summed E-state index contributed by atoms with van der Waals surface area (Å²) in [5.41, 5.74) is 7.11. The Bertz CT molecular complexity index is 1190. The second-order valence-corrected chi connectivity index (χ2v) is 9.89. The van der Waals surface area contributed by atoms with Crippen molar-refractivity contribution in [2.24, 2.45) is 5.73 Å². The molecule has 0 bridgehead atoms. The number of carbonyl (C=O) groups is 2. The van der Waals surface area contributed by atoms with E-state index in [1.807, 2.05) is 12.1 Å². The Hall–Kier alpha value is -3.33. The van der Waals surface area contributed by atoms with Crippen molar-refractivity contribution in [2.45, 2.75) is 49.8 Å². The first-order valence-corrected chi connectivity index (χ1v) is 12.2. The largest absolute Gasteiger partial charge is 0.480 e. The van der Waals surface area contributed by atoms with Gasteiger partial charge in [0.05, 0.1) is 18.6 Å². The highest BCUT2D eigenvalue weighted by Crippen LogP contribution is 2.34. The number of carbonyl (C=O) groups excluding carboxylic acids is 1. The highest BCUT2D eigenvalue weighted by Gasteiger charge is 2.34. The van der Waals surface area contributed by atoms with Gasteiger partial charge in [-0.1, -0.05) is 29.4 Å². The first kappa shape index (κ1) is 26.3. The van der Waals surface area contributed by atoms with Crippen molar-refractivity contribution in [2.75, 3.05) is 13.6 Å². The van der Waals surface area contributed by atoms with Gasteiger partial charge in [0.15, 0.2) is 5.76 Å². The van der Waals surface area contributed by atoms with Crippen LogP contribution >= 0.6 is 0 Å². The van der Waals surface area contributed by atoms with Crippen molar-refractivity contribution in [3.8, 4) is 0 Å². The number of hydroxylamine groups is 2. The van der Waals surface area contributed by atoms with Crippen LogP contribution in [0.5, 0.6) is 0 Å². The first-order valence-electron chi connectivity index (χ1n) is 10.7. The van der Waals surface area contributed by atoms with Crippen molar-refractivity contribution >= 4 is 27.7 Å². The molecule has 14 heteroatoms. The van der Waals surface area contributed by atoms with Gasteiger partial charge >= 0.3 is 5.97 Å². The van der Waals surface area contributed by atoms with Crippen LogP contribution in [0.3, 0.4) is 0 Å². The van der Waals surface area contributed by atoms with Crippen molar-refractivity contribution in [3.63, 3.8) is 0 Å². The molecule has 2 aromatic rings. The minimum atomic E-state index is -4.24. The summed E-state index contributed by atoms with van der Waals surface area (Å²) >= 11 is 0. The molecule has 35 heavy (non-hydrogen) atoms. The van der Waals surface area contributed by atoms with E-state index in [0.29, 0.717) is 12.0 Å². The summed E-state index contributed by atoms with van der Waals surface area (Å²) in [5.74, 6) is -1.95. The third kappa shape index (κ3) is 6.22. The van der Waals surface area contributed by atoms with Gasteiger partial charge in [-0.05, 0) is 25.8 Å². The molecule has 190 valence electrons. The first-order chi connectivity index (χ1) is 16.4. The van der Waals surface area contributed by atoms with Gasteiger partial charge in [0.25, 0.3) is 0 Å². The molecule has 0 saturated carbocycles. The fourth-order valence-electron chi connectivity index (χ4n) is 3.88. The smallest absolute Gasteiger partial charge is 0.323 e. The number of carboxylic acids is 1. The maximum absolute atomic E-state index is 12.6. The summed E-state index contributed by atoms with van der Waals surface area (Å²) in [6.07, 6.45) is -0.000527. The zero-order valence-electron chi connectivity index (χ0n) is 19.4. The van der Waals surface area contributed by atoms with Gasteiger partial charge in [0, 0.05) is 19.2 Å². The van der Waals surface area contributed by atoms with Gasteiger partial charge in [-0.2, -0.15) is 9.79 Å². The lowest BCUT2D eigenvalue weighted by Gasteiger charge is -2.18. The SMILES string of the molecule is Cc1noc(C)c1S(=O)(=O)N[C@@H](CNC(=O)C[C@@H]1C[C@H](c2ccc(C(=N)N)cc2)N(C)O1)C(=O)O. The van der Waals surface area contributed by atoms with Crippen molar-refractivity contribution in [1.82, 2.24) is 20.3 Å². The Balaban J connectivity index is 1.56. The van der Waals surface area contributed by atoms with E-state index in [0.717, 1.165) is 5.56 Å². The Morgan fingerprint density at radius 2 is 1.97 bits per heavy atom. The number of hydrogen-bond acceptors (Lipinski definition) is 9. The highest BCUT2D eigenvalue weighted by molar-refractivity contribution is 7.89. The van der Waals surface area contributed by atoms with Crippen LogP contribution in [-0.2, 0) is 24.4 Å². The van der Waals surface area contributed by atoms with Gasteiger partial charge < -0.3 is 20.7 Å². The molecule has 0 radical (unpaired) electrons. The molecule has 1 aliphatic rings. The number of nitrogens with zero attached hydrogens (tertiary/aromatic N) is 2. The molecule has 0 spiro atoms. The molecule has 1 fully saturated rings. The van der Waals surface area contributed by atoms with Crippen LogP contribution in [0.1, 0.15) is 41.5 Å². The van der Waals surface area contributed by atoms with Crippen LogP contribution in [0.15, 0.2) is 33.7 Å².